The van der Waals surface area contributed by atoms with Gasteiger partial charge in [-0.1, -0.05) is 41.4 Å². The molecule has 0 bridgehead atoms. The van der Waals surface area contributed by atoms with Crippen LogP contribution in [0.25, 0.3) is 0 Å². The standard InChI is InChI=1S/C25H19Cl2FN4O4/c1-15-10-18(8-9-23(15)32(34)35)36-14-16-4-2-5-17(11-16)25(33)29-24-21(27)13-31(30-24)12-19-20(26)6-3-7-22(19)28/h2-11,13H,12,14H2,1H3,(H,29,30,33). The van der Waals surface area contributed by atoms with Crippen LogP contribution in [0.4, 0.5) is 15.9 Å². The zero-order chi connectivity index (χ0) is 25.8. The van der Waals surface area contributed by atoms with Gasteiger partial charge in [0.15, 0.2) is 5.82 Å². The molecule has 0 unspecified atom stereocenters. The van der Waals surface area contributed by atoms with Crippen molar-refractivity contribution in [3.63, 3.8) is 0 Å². The van der Waals surface area contributed by atoms with E-state index in [1.165, 1.54) is 35.1 Å². The lowest BCUT2D eigenvalue weighted by Gasteiger charge is -2.09. The van der Waals surface area contributed by atoms with E-state index in [9.17, 15) is 19.3 Å². The van der Waals surface area contributed by atoms with Gasteiger partial charge in [-0.3, -0.25) is 19.6 Å². The van der Waals surface area contributed by atoms with Gasteiger partial charge in [0.2, 0.25) is 0 Å². The molecular weight excluding hydrogens is 510 g/mol. The first-order valence-corrected chi connectivity index (χ1v) is 11.4. The monoisotopic (exact) mass is 528 g/mol. The quantitative estimate of drug-likeness (QED) is 0.210. The Labute approximate surface area is 215 Å². The summed E-state index contributed by atoms with van der Waals surface area (Å²) in [5.74, 6) is -0.320. The van der Waals surface area contributed by atoms with Crippen molar-refractivity contribution in [1.82, 2.24) is 9.78 Å². The summed E-state index contributed by atoms with van der Waals surface area (Å²) in [6.07, 6.45) is 1.47. The van der Waals surface area contributed by atoms with Gasteiger partial charge < -0.3 is 10.1 Å². The summed E-state index contributed by atoms with van der Waals surface area (Å²) in [6.45, 7) is 1.82. The molecule has 0 aliphatic carbocycles. The second kappa shape index (κ2) is 10.8. The third-order valence-corrected chi connectivity index (χ3v) is 5.92. The number of ether oxygens (including phenoxy) is 1. The van der Waals surface area contributed by atoms with Gasteiger partial charge in [0.05, 0.1) is 11.5 Å². The lowest BCUT2D eigenvalue weighted by atomic mass is 10.1. The fourth-order valence-corrected chi connectivity index (χ4v) is 3.90. The van der Waals surface area contributed by atoms with Gasteiger partial charge in [-0.15, -0.1) is 0 Å². The predicted octanol–water partition coefficient (Wildman–Crippen LogP) is 6.43. The van der Waals surface area contributed by atoms with Crippen LogP contribution in [0, 0.1) is 22.9 Å². The maximum absolute atomic E-state index is 14.1. The highest BCUT2D eigenvalue weighted by atomic mass is 35.5. The molecule has 184 valence electrons. The predicted molar refractivity (Wildman–Crippen MR) is 134 cm³/mol. The van der Waals surface area contributed by atoms with E-state index in [1.54, 1.807) is 43.3 Å². The van der Waals surface area contributed by atoms with Gasteiger partial charge in [0.25, 0.3) is 11.6 Å². The van der Waals surface area contributed by atoms with Crippen molar-refractivity contribution in [2.24, 2.45) is 0 Å². The average Bonchev–Trinajstić information content (AvgIpc) is 3.18. The van der Waals surface area contributed by atoms with Gasteiger partial charge in [-0.2, -0.15) is 5.10 Å². The third kappa shape index (κ3) is 5.81. The van der Waals surface area contributed by atoms with E-state index < -0.39 is 16.6 Å². The molecule has 3 aromatic carbocycles. The molecule has 1 heterocycles. The molecule has 0 aliphatic rings. The van der Waals surface area contributed by atoms with E-state index in [4.69, 9.17) is 27.9 Å². The van der Waals surface area contributed by atoms with Crippen LogP contribution >= 0.6 is 23.2 Å². The number of anilines is 1. The topological polar surface area (TPSA) is 99.3 Å². The minimum Gasteiger partial charge on any atom is -0.489 e. The van der Waals surface area contributed by atoms with Crippen LogP contribution in [0.1, 0.15) is 27.0 Å². The van der Waals surface area contributed by atoms with Crippen LogP contribution in [-0.2, 0) is 13.2 Å². The molecule has 0 aliphatic heterocycles. The number of nitro groups is 1. The molecule has 8 nitrogen and oxygen atoms in total. The Kier molecular flexibility index (Phi) is 7.52. The average molecular weight is 529 g/mol. The molecule has 4 rings (SSSR count). The molecule has 0 radical (unpaired) electrons. The highest BCUT2D eigenvalue weighted by Gasteiger charge is 2.15. The highest BCUT2D eigenvalue weighted by molar-refractivity contribution is 6.33. The van der Waals surface area contributed by atoms with E-state index in [0.717, 1.165) is 0 Å². The van der Waals surface area contributed by atoms with E-state index in [0.29, 0.717) is 22.4 Å². The van der Waals surface area contributed by atoms with Crippen LogP contribution in [0.3, 0.4) is 0 Å². The molecule has 1 amide bonds. The Bertz CT molecular complexity index is 1440. The fourth-order valence-electron chi connectivity index (χ4n) is 3.48. The number of nitro benzene ring substituents is 1. The molecule has 36 heavy (non-hydrogen) atoms. The number of nitrogens with one attached hydrogen (secondary N) is 1. The molecule has 4 aromatic rings. The van der Waals surface area contributed by atoms with Crippen molar-refractivity contribution in [3.8, 4) is 5.75 Å². The van der Waals surface area contributed by atoms with Gasteiger partial charge >= 0.3 is 0 Å². The lowest BCUT2D eigenvalue weighted by Crippen LogP contribution is -2.14. The smallest absolute Gasteiger partial charge is 0.272 e. The van der Waals surface area contributed by atoms with Crippen LogP contribution in [-0.4, -0.2) is 20.6 Å². The normalized spacial score (nSPS) is 10.8. The van der Waals surface area contributed by atoms with Crippen molar-refractivity contribution in [2.45, 2.75) is 20.1 Å². The first kappa shape index (κ1) is 25.2. The zero-order valence-electron chi connectivity index (χ0n) is 18.9. The molecule has 11 heteroatoms. The molecular formula is C25H19Cl2FN4O4. The highest BCUT2D eigenvalue weighted by Crippen LogP contribution is 2.25. The maximum Gasteiger partial charge on any atom is 0.272 e. The van der Waals surface area contributed by atoms with Crippen LogP contribution < -0.4 is 10.1 Å². The second-order valence-electron chi connectivity index (χ2n) is 7.87. The SMILES string of the molecule is Cc1cc(OCc2cccc(C(=O)Nc3nn(Cc4c(F)cccc4Cl)cc3Cl)c2)ccc1[N+](=O)[O-]. The molecule has 0 fully saturated rings. The first-order chi connectivity index (χ1) is 17.2. The minimum absolute atomic E-state index is 0.0131. The Morgan fingerprint density at radius 3 is 2.64 bits per heavy atom. The van der Waals surface area contributed by atoms with Gasteiger partial charge in [-0.25, -0.2) is 4.39 Å². The Morgan fingerprint density at radius 1 is 1.14 bits per heavy atom. The van der Waals surface area contributed by atoms with Crippen molar-refractivity contribution >= 4 is 40.6 Å². The number of halogens is 3. The number of hydrogen-bond donors (Lipinski definition) is 1. The maximum atomic E-state index is 14.1. The number of benzene rings is 3. The van der Waals surface area contributed by atoms with Gasteiger partial charge in [0.1, 0.15) is 23.2 Å². The lowest BCUT2D eigenvalue weighted by molar-refractivity contribution is -0.385. The van der Waals surface area contributed by atoms with E-state index in [-0.39, 0.29) is 40.3 Å². The molecule has 0 saturated heterocycles. The summed E-state index contributed by atoms with van der Waals surface area (Å²) < 4.78 is 21.2. The summed E-state index contributed by atoms with van der Waals surface area (Å²) in [7, 11) is 0. The van der Waals surface area contributed by atoms with Crippen molar-refractivity contribution in [2.75, 3.05) is 5.32 Å². The Morgan fingerprint density at radius 2 is 1.92 bits per heavy atom. The largest absolute Gasteiger partial charge is 0.489 e. The molecule has 1 N–H and O–H groups in total. The number of aryl methyl sites for hydroxylation is 1. The zero-order valence-corrected chi connectivity index (χ0v) is 20.4. The number of amides is 1. The number of rotatable bonds is 8. The molecule has 1 aromatic heterocycles. The summed E-state index contributed by atoms with van der Waals surface area (Å²) >= 11 is 12.3. The van der Waals surface area contributed by atoms with Gasteiger partial charge in [-0.05, 0) is 48.9 Å². The number of carbonyl (C=O) groups excluding carboxylic acids is 1. The Hall–Kier alpha value is -3.95. The van der Waals surface area contributed by atoms with Crippen LogP contribution in [0.15, 0.2) is 66.9 Å². The van der Waals surface area contributed by atoms with E-state index >= 15 is 0 Å². The summed E-state index contributed by atoms with van der Waals surface area (Å²) in [6, 6.07) is 15.6. The van der Waals surface area contributed by atoms with E-state index in [2.05, 4.69) is 10.4 Å². The number of hydrogen-bond acceptors (Lipinski definition) is 5. The third-order valence-electron chi connectivity index (χ3n) is 5.29. The molecule has 0 saturated carbocycles. The number of nitrogens with zero attached hydrogens (tertiary/aromatic N) is 3. The van der Waals surface area contributed by atoms with Crippen LogP contribution in [0.5, 0.6) is 5.75 Å². The first-order valence-electron chi connectivity index (χ1n) is 10.6. The summed E-state index contributed by atoms with van der Waals surface area (Å²) in [4.78, 5) is 23.3. The van der Waals surface area contributed by atoms with Crippen LogP contribution in [0.2, 0.25) is 10.0 Å². The second-order valence-corrected chi connectivity index (χ2v) is 8.69. The van der Waals surface area contributed by atoms with Gasteiger partial charge in [0, 0.05) is 34.0 Å². The minimum atomic E-state index is -0.470. The summed E-state index contributed by atoms with van der Waals surface area (Å²) in [5, 5.41) is 18.3. The fraction of sp³-hybridized carbons (Fsp3) is 0.120. The van der Waals surface area contributed by atoms with Crippen molar-refractivity contribution in [1.29, 1.82) is 0 Å². The van der Waals surface area contributed by atoms with Crippen molar-refractivity contribution in [3.05, 3.63) is 115 Å². The number of aromatic nitrogens is 2. The van der Waals surface area contributed by atoms with E-state index in [1.807, 2.05) is 0 Å². The molecule has 0 atom stereocenters. The molecule has 0 spiro atoms. The summed E-state index contributed by atoms with van der Waals surface area (Å²) in [5.41, 5.74) is 1.81. The van der Waals surface area contributed by atoms with Crippen molar-refractivity contribution < 1.29 is 18.8 Å². The number of carbonyl (C=O) groups is 1. The Balaban J connectivity index is 1.42.